The second-order valence-corrected chi connectivity index (χ2v) is 6.50. The maximum absolute atomic E-state index is 12.9. The molecule has 3 rings (SSSR count). The van der Waals surface area contributed by atoms with Crippen LogP contribution in [0.2, 0.25) is 0 Å². The quantitative estimate of drug-likeness (QED) is 0.707. The predicted octanol–water partition coefficient (Wildman–Crippen LogP) is 3.37. The SMILES string of the molecule is COC(=O)[C@@H](Cc1c(C)cccc1C)NC(=O)c1ccnc2ccccc12. The molecular weight excluding hydrogens is 340 g/mol. The molecule has 1 heterocycles. The lowest BCUT2D eigenvalue weighted by molar-refractivity contribution is -0.142. The van der Waals surface area contributed by atoms with Crippen LogP contribution in [0.5, 0.6) is 0 Å². The number of carbonyl (C=O) groups is 2. The Kier molecular flexibility index (Phi) is 5.50. The highest BCUT2D eigenvalue weighted by molar-refractivity contribution is 6.07. The number of fused-ring (bicyclic) bond motifs is 1. The van der Waals surface area contributed by atoms with Crippen molar-refractivity contribution in [2.75, 3.05) is 7.11 Å². The van der Waals surface area contributed by atoms with Gasteiger partial charge in [0.2, 0.25) is 0 Å². The van der Waals surface area contributed by atoms with Crippen LogP contribution in [0.4, 0.5) is 0 Å². The Labute approximate surface area is 158 Å². The van der Waals surface area contributed by atoms with E-state index in [0.29, 0.717) is 12.0 Å². The molecule has 5 heteroatoms. The van der Waals surface area contributed by atoms with Crippen molar-refractivity contribution >= 4 is 22.8 Å². The van der Waals surface area contributed by atoms with Gasteiger partial charge in [-0.3, -0.25) is 9.78 Å². The van der Waals surface area contributed by atoms with Crippen molar-refractivity contribution in [3.63, 3.8) is 0 Å². The minimum absolute atomic E-state index is 0.324. The molecule has 27 heavy (non-hydrogen) atoms. The summed E-state index contributed by atoms with van der Waals surface area (Å²) in [4.78, 5) is 29.5. The van der Waals surface area contributed by atoms with Gasteiger partial charge >= 0.3 is 5.97 Å². The largest absolute Gasteiger partial charge is 0.467 e. The minimum Gasteiger partial charge on any atom is -0.467 e. The Morgan fingerprint density at radius 2 is 1.74 bits per heavy atom. The number of para-hydroxylation sites is 1. The van der Waals surface area contributed by atoms with Gasteiger partial charge in [-0.25, -0.2) is 4.79 Å². The van der Waals surface area contributed by atoms with Crippen LogP contribution >= 0.6 is 0 Å². The van der Waals surface area contributed by atoms with E-state index in [0.717, 1.165) is 27.6 Å². The van der Waals surface area contributed by atoms with Gasteiger partial charge in [0.05, 0.1) is 18.2 Å². The Bertz CT molecular complexity index is 972. The lowest BCUT2D eigenvalue weighted by atomic mass is 9.96. The third-order valence-corrected chi connectivity index (χ3v) is 4.74. The van der Waals surface area contributed by atoms with Crippen molar-refractivity contribution in [1.82, 2.24) is 10.3 Å². The molecule has 0 aliphatic rings. The molecule has 1 N–H and O–H groups in total. The van der Waals surface area contributed by atoms with Crippen molar-refractivity contribution in [3.8, 4) is 0 Å². The van der Waals surface area contributed by atoms with E-state index in [1.807, 2.05) is 56.3 Å². The second-order valence-electron chi connectivity index (χ2n) is 6.50. The molecule has 0 aliphatic heterocycles. The number of pyridine rings is 1. The summed E-state index contributed by atoms with van der Waals surface area (Å²) in [5, 5.41) is 3.58. The Balaban J connectivity index is 1.90. The van der Waals surface area contributed by atoms with Crippen LogP contribution in [0.15, 0.2) is 54.7 Å². The molecule has 138 valence electrons. The number of aromatic nitrogens is 1. The first-order valence-electron chi connectivity index (χ1n) is 8.78. The van der Waals surface area contributed by atoms with Crippen LogP contribution in [0.3, 0.4) is 0 Å². The molecule has 0 saturated carbocycles. The summed E-state index contributed by atoms with van der Waals surface area (Å²) >= 11 is 0. The summed E-state index contributed by atoms with van der Waals surface area (Å²) in [6, 6.07) is 14.3. The summed E-state index contributed by atoms with van der Waals surface area (Å²) in [6.07, 6.45) is 1.97. The van der Waals surface area contributed by atoms with Crippen molar-refractivity contribution in [3.05, 3.63) is 77.0 Å². The number of esters is 1. The highest BCUT2D eigenvalue weighted by Gasteiger charge is 2.24. The number of hydrogen-bond donors (Lipinski definition) is 1. The Morgan fingerprint density at radius 1 is 1.04 bits per heavy atom. The summed E-state index contributed by atoms with van der Waals surface area (Å²) in [6.45, 7) is 3.99. The highest BCUT2D eigenvalue weighted by Crippen LogP contribution is 2.18. The number of benzene rings is 2. The van der Waals surface area contributed by atoms with Crippen molar-refractivity contribution in [2.45, 2.75) is 26.3 Å². The van der Waals surface area contributed by atoms with Crippen LogP contribution in [0.25, 0.3) is 10.9 Å². The number of nitrogens with one attached hydrogen (secondary N) is 1. The Morgan fingerprint density at radius 3 is 2.44 bits per heavy atom. The number of methoxy groups -OCH3 is 1. The van der Waals surface area contributed by atoms with E-state index in [1.165, 1.54) is 7.11 Å². The molecule has 1 amide bonds. The molecule has 3 aromatic rings. The van der Waals surface area contributed by atoms with Crippen LogP contribution in [-0.2, 0) is 16.0 Å². The van der Waals surface area contributed by atoms with Crippen molar-refractivity contribution in [2.24, 2.45) is 0 Å². The summed E-state index contributed by atoms with van der Waals surface area (Å²) in [7, 11) is 1.33. The van der Waals surface area contributed by atoms with E-state index in [2.05, 4.69) is 10.3 Å². The van der Waals surface area contributed by atoms with E-state index in [-0.39, 0.29) is 5.91 Å². The number of hydrogen-bond acceptors (Lipinski definition) is 4. The molecule has 0 spiro atoms. The number of amides is 1. The smallest absolute Gasteiger partial charge is 0.328 e. The van der Waals surface area contributed by atoms with Gasteiger partial charge in [-0.1, -0.05) is 36.4 Å². The molecular formula is C22H22N2O3. The van der Waals surface area contributed by atoms with Gasteiger partial charge < -0.3 is 10.1 Å². The number of ether oxygens (including phenoxy) is 1. The first-order chi connectivity index (χ1) is 13.0. The fourth-order valence-corrected chi connectivity index (χ4v) is 3.24. The molecule has 0 aliphatic carbocycles. The number of carbonyl (C=O) groups excluding carboxylic acids is 2. The maximum atomic E-state index is 12.9. The monoisotopic (exact) mass is 362 g/mol. The molecule has 0 unspecified atom stereocenters. The van der Waals surface area contributed by atoms with Gasteiger partial charge in [0, 0.05) is 18.0 Å². The molecule has 0 bridgehead atoms. The van der Waals surface area contributed by atoms with E-state index in [9.17, 15) is 9.59 Å². The minimum atomic E-state index is -0.769. The van der Waals surface area contributed by atoms with Gasteiger partial charge in [-0.2, -0.15) is 0 Å². The molecule has 1 aromatic heterocycles. The zero-order valence-electron chi connectivity index (χ0n) is 15.7. The van der Waals surface area contributed by atoms with Gasteiger partial charge in [-0.15, -0.1) is 0 Å². The molecule has 1 atom stereocenters. The fourth-order valence-electron chi connectivity index (χ4n) is 3.24. The first kappa shape index (κ1) is 18.6. The van der Waals surface area contributed by atoms with Crippen LogP contribution in [0.1, 0.15) is 27.0 Å². The fraction of sp³-hybridized carbons (Fsp3) is 0.227. The zero-order valence-corrected chi connectivity index (χ0v) is 15.7. The lowest BCUT2D eigenvalue weighted by Crippen LogP contribution is -2.43. The Hall–Kier alpha value is -3.21. The average Bonchev–Trinajstić information content (AvgIpc) is 2.68. The van der Waals surface area contributed by atoms with E-state index in [4.69, 9.17) is 4.74 Å². The summed E-state index contributed by atoms with van der Waals surface area (Å²) < 4.78 is 4.92. The van der Waals surface area contributed by atoms with Crippen LogP contribution in [0, 0.1) is 13.8 Å². The second kappa shape index (κ2) is 7.99. The van der Waals surface area contributed by atoms with Gasteiger partial charge in [0.1, 0.15) is 6.04 Å². The molecule has 5 nitrogen and oxygen atoms in total. The standard InChI is InChI=1S/C22H22N2O3/c1-14-7-6-8-15(2)18(14)13-20(22(26)27-3)24-21(25)17-11-12-23-19-10-5-4-9-16(17)19/h4-12,20H,13H2,1-3H3,(H,24,25)/t20-/m1/s1. The lowest BCUT2D eigenvalue weighted by Gasteiger charge is -2.19. The van der Waals surface area contributed by atoms with Crippen molar-refractivity contribution < 1.29 is 14.3 Å². The van der Waals surface area contributed by atoms with Gasteiger partial charge in [0.25, 0.3) is 5.91 Å². The van der Waals surface area contributed by atoms with Crippen LogP contribution in [-0.4, -0.2) is 30.0 Å². The number of nitrogens with zero attached hydrogens (tertiary/aromatic N) is 1. The normalized spacial score (nSPS) is 11.8. The van der Waals surface area contributed by atoms with Crippen molar-refractivity contribution in [1.29, 1.82) is 0 Å². The topological polar surface area (TPSA) is 68.3 Å². The maximum Gasteiger partial charge on any atom is 0.328 e. The third kappa shape index (κ3) is 3.97. The predicted molar refractivity (Wildman–Crippen MR) is 105 cm³/mol. The number of rotatable bonds is 5. The van der Waals surface area contributed by atoms with E-state index in [1.54, 1.807) is 12.3 Å². The molecule has 2 aromatic carbocycles. The molecule has 0 fully saturated rings. The molecule has 0 saturated heterocycles. The highest BCUT2D eigenvalue weighted by atomic mass is 16.5. The van der Waals surface area contributed by atoms with Gasteiger partial charge in [0.15, 0.2) is 0 Å². The van der Waals surface area contributed by atoms with E-state index < -0.39 is 12.0 Å². The first-order valence-corrected chi connectivity index (χ1v) is 8.78. The zero-order chi connectivity index (χ0) is 19.4. The average molecular weight is 362 g/mol. The summed E-state index contributed by atoms with van der Waals surface area (Å²) in [5.74, 6) is -0.792. The van der Waals surface area contributed by atoms with Gasteiger partial charge in [-0.05, 0) is 42.7 Å². The third-order valence-electron chi connectivity index (χ3n) is 4.74. The molecule has 0 radical (unpaired) electrons. The number of aryl methyl sites for hydroxylation is 2. The van der Waals surface area contributed by atoms with Crippen LogP contribution < -0.4 is 5.32 Å². The summed E-state index contributed by atoms with van der Waals surface area (Å²) in [5.41, 5.74) is 4.40. The van der Waals surface area contributed by atoms with E-state index >= 15 is 0 Å².